The van der Waals surface area contributed by atoms with E-state index >= 15 is 0 Å². The van der Waals surface area contributed by atoms with Crippen molar-refractivity contribution in [1.29, 1.82) is 15.8 Å². The Hall–Kier alpha value is -1.53. The molecule has 0 aliphatic rings. The second kappa shape index (κ2) is 20.1. The van der Waals surface area contributed by atoms with Gasteiger partial charge >= 0.3 is 0 Å². The first kappa shape index (κ1) is 35.1. The second-order valence-electron chi connectivity index (χ2n) is 11.3. The zero-order valence-corrected chi connectivity index (χ0v) is 23.7. The summed E-state index contributed by atoms with van der Waals surface area (Å²) < 4.78 is 0. The third-order valence-electron chi connectivity index (χ3n) is 6.66. The van der Waals surface area contributed by atoms with Crippen LogP contribution >= 0.6 is 0 Å². The van der Waals surface area contributed by atoms with Gasteiger partial charge in [-0.2, -0.15) is 15.8 Å². The smallest absolute Gasteiger partial charge is 0.0655 e. The molecule has 0 N–H and O–H groups in total. The molecule has 0 heterocycles. The van der Waals surface area contributed by atoms with Crippen molar-refractivity contribution in [3.05, 3.63) is 0 Å². The predicted octanol–water partition coefficient (Wildman–Crippen LogP) is 9.12. The van der Waals surface area contributed by atoms with Gasteiger partial charge < -0.3 is 0 Å². The van der Waals surface area contributed by atoms with Crippen LogP contribution in [0.3, 0.4) is 0 Å². The Morgan fingerprint density at radius 2 is 0.875 bits per heavy atom. The van der Waals surface area contributed by atoms with Crippen LogP contribution in [0.25, 0.3) is 0 Å². The quantitative estimate of drug-likeness (QED) is 0.336. The lowest BCUT2D eigenvalue weighted by molar-refractivity contribution is 0.235. The Labute approximate surface area is 202 Å². The molecule has 0 aromatic heterocycles. The Bertz CT molecular complexity index is 528. The maximum Gasteiger partial charge on any atom is 0.0655 e. The van der Waals surface area contributed by atoms with Crippen LogP contribution in [-0.4, -0.2) is 0 Å². The average molecular weight is 446 g/mol. The van der Waals surface area contributed by atoms with Crippen LogP contribution in [0.1, 0.15) is 109 Å². The Morgan fingerprint density at radius 3 is 1.03 bits per heavy atom. The number of nitrogens with zero attached hydrogens (tertiary/aromatic N) is 3. The van der Waals surface area contributed by atoms with Crippen LogP contribution in [0.15, 0.2) is 0 Å². The van der Waals surface area contributed by atoms with Gasteiger partial charge in [0, 0.05) is 18.8 Å². The first-order chi connectivity index (χ1) is 14.7. The topological polar surface area (TPSA) is 71.4 Å². The van der Waals surface area contributed by atoms with Gasteiger partial charge in [0.25, 0.3) is 0 Å². The molecule has 0 radical (unpaired) electrons. The molecule has 0 aromatic rings. The maximum atomic E-state index is 8.75. The molecule has 0 saturated carbocycles. The van der Waals surface area contributed by atoms with Gasteiger partial charge in [0.05, 0.1) is 18.2 Å². The van der Waals surface area contributed by atoms with Crippen molar-refractivity contribution in [2.45, 2.75) is 109 Å². The lowest BCUT2D eigenvalue weighted by Gasteiger charge is -2.26. The summed E-state index contributed by atoms with van der Waals surface area (Å²) in [4.78, 5) is 0. The Morgan fingerprint density at radius 1 is 0.500 bits per heavy atom. The Kier molecular flexibility index (Phi) is 22.0. The van der Waals surface area contributed by atoms with Crippen molar-refractivity contribution >= 4 is 0 Å². The van der Waals surface area contributed by atoms with Gasteiger partial charge in [-0.15, -0.1) is 0 Å². The van der Waals surface area contributed by atoms with E-state index in [9.17, 15) is 0 Å². The predicted molar refractivity (Wildman–Crippen MR) is 139 cm³/mol. The highest BCUT2D eigenvalue weighted by Crippen LogP contribution is 2.28. The average Bonchev–Trinajstić information content (AvgIpc) is 2.65. The normalized spacial score (nSPS) is 12.1. The number of hydrogen-bond donors (Lipinski definition) is 0. The van der Waals surface area contributed by atoms with Crippen LogP contribution in [0.4, 0.5) is 0 Å². The van der Waals surface area contributed by atoms with Gasteiger partial charge in [0.15, 0.2) is 0 Å². The first-order valence-corrected chi connectivity index (χ1v) is 12.8. The van der Waals surface area contributed by atoms with E-state index in [4.69, 9.17) is 15.8 Å². The zero-order valence-electron chi connectivity index (χ0n) is 23.7. The summed E-state index contributed by atoms with van der Waals surface area (Å²) in [5.74, 6) is 5.95. The molecule has 0 spiro atoms. The Balaban J connectivity index is -0.000000395. The fourth-order valence-corrected chi connectivity index (χ4v) is 5.02. The van der Waals surface area contributed by atoms with Crippen LogP contribution in [0, 0.1) is 93.2 Å². The van der Waals surface area contributed by atoms with Crippen molar-refractivity contribution in [2.75, 3.05) is 0 Å². The van der Waals surface area contributed by atoms with Gasteiger partial charge in [-0.3, -0.25) is 0 Å². The van der Waals surface area contributed by atoms with Gasteiger partial charge in [0.1, 0.15) is 0 Å². The van der Waals surface area contributed by atoms with E-state index in [1.807, 2.05) is 6.92 Å². The molecule has 0 aliphatic carbocycles. The number of hydrogen-bond acceptors (Lipinski definition) is 3. The molecule has 1 atom stereocenters. The summed E-state index contributed by atoms with van der Waals surface area (Å²) in [7, 11) is 0. The minimum absolute atomic E-state index is 0.190. The third-order valence-corrected chi connectivity index (χ3v) is 6.66. The molecule has 0 aromatic carbocycles. The van der Waals surface area contributed by atoms with Gasteiger partial charge in [-0.05, 0) is 66.6 Å². The van der Waals surface area contributed by atoms with Crippen molar-refractivity contribution in [2.24, 2.45) is 59.2 Å². The van der Waals surface area contributed by atoms with E-state index in [0.29, 0.717) is 60.2 Å². The maximum absolute atomic E-state index is 8.75. The largest absolute Gasteiger partial charge is 0.198 e. The van der Waals surface area contributed by atoms with Crippen molar-refractivity contribution in [3.8, 4) is 18.2 Å². The summed E-state index contributed by atoms with van der Waals surface area (Å²) in [6.45, 7) is 28.5. The molecular weight excluding hydrogens is 390 g/mol. The summed E-state index contributed by atoms with van der Waals surface area (Å²) in [5, 5.41) is 25.7. The minimum Gasteiger partial charge on any atom is -0.198 e. The number of rotatable bonds is 10. The molecule has 3 heteroatoms. The fraction of sp³-hybridized carbons (Fsp3) is 0.897. The second-order valence-corrected chi connectivity index (χ2v) is 11.3. The summed E-state index contributed by atoms with van der Waals surface area (Å²) in [6, 6.07) is 6.77. The molecule has 0 rings (SSSR count). The van der Waals surface area contributed by atoms with Crippen LogP contribution < -0.4 is 0 Å². The zero-order chi connectivity index (χ0) is 26.0. The van der Waals surface area contributed by atoms with E-state index < -0.39 is 0 Å². The lowest BCUT2D eigenvalue weighted by atomic mass is 9.77. The molecule has 0 saturated heterocycles. The molecular formula is C29H55N3. The highest BCUT2D eigenvalue weighted by molar-refractivity contribution is 4.87. The van der Waals surface area contributed by atoms with Gasteiger partial charge in [-0.25, -0.2) is 0 Å². The first-order valence-electron chi connectivity index (χ1n) is 12.8. The van der Waals surface area contributed by atoms with Crippen molar-refractivity contribution in [1.82, 2.24) is 0 Å². The molecule has 1 unspecified atom stereocenters. The third kappa shape index (κ3) is 17.1. The van der Waals surface area contributed by atoms with Crippen LogP contribution in [-0.2, 0) is 0 Å². The molecule has 0 amide bonds. The number of nitriles is 3. The summed E-state index contributed by atoms with van der Waals surface area (Å²) >= 11 is 0. The van der Waals surface area contributed by atoms with Crippen LogP contribution in [0.5, 0.6) is 0 Å². The van der Waals surface area contributed by atoms with Gasteiger partial charge in [0.2, 0.25) is 0 Å². The van der Waals surface area contributed by atoms with E-state index in [1.54, 1.807) is 0 Å². The highest BCUT2D eigenvalue weighted by Gasteiger charge is 2.23. The minimum atomic E-state index is 0.190. The summed E-state index contributed by atoms with van der Waals surface area (Å²) in [6.07, 6.45) is 2.47. The lowest BCUT2D eigenvalue weighted by Crippen LogP contribution is -2.22. The highest BCUT2D eigenvalue weighted by atomic mass is 14.3. The molecule has 0 bridgehead atoms. The monoisotopic (exact) mass is 445 g/mol. The summed E-state index contributed by atoms with van der Waals surface area (Å²) in [5.41, 5.74) is 0. The molecule has 0 aliphatic heterocycles. The molecule has 0 fully saturated rings. The van der Waals surface area contributed by atoms with Crippen molar-refractivity contribution < 1.29 is 0 Å². The van der Waals surface area contributed by atoms with E-state index in [0.717, 1.165) is 12.3 Å². The SMILES string of the molecule is CC(C)C(C(C)C)C(C)C#N.CC(C)C(CC#N)C(C)C.CC(C)C(CCC#N)C(C)C. The van der Waals surface area contributed by atoms with Crippen LogP contribution in [0.2, 0.25) is 0 Å². The molecule has 186 valence electrons. The van der Waals surface area contributed by atoms with E-state index in [1.165, 1.54) is 0 Å². The standard InChI is InChI=1S/2C10H19N.C9H17N/c1-7(2)10(8(3)4)9(5)6-11;1-8(2)10(9(3)4)6-5-7-11;1-7(2)9(5-6-10)8(3)4/h7-10H,1-5H3;8-10H,5-6H2,1-4H3;7-9H,5H2,1-4H3. The van der Waals surface area contributed by atoms with Gasteiger partial charge in [-0.1, -0.05) is 83.1 Å². The van der Waals surface area contributed by atoms with E-state index in [-0.39, 0.29) is 5.92 Å². The molecule has 3 nitrogen and oxygen atoms in total. The van der Waals surface area contributed by atoms with E-state index in [2.05, 4.69) is 101 Å². The molecule has 32 heavy (non-hydrogen) atoms. The van der Waals surface area contributed by atoms with Crippen molar-refractivity contribution in [3.63, 3.8) is 0 Å². The fourth-order valence-electron chi connectivity index (χ4n) is 5.02.